The number of aromatic nitrogens is 2. The predicted octanol–water partition coefficient (Wildman–Crippen LogP) is 0.143. The molecule has 0 saturated carbocycles. The summed E-state index contributed by atoms with van der Waals surface area (Å²) in [5.41, 5.74) is 0. The molecule has 0 aromatic carbocycles. The standard InChI is InChI=1S/C10H15N3O2S/c14-16(15)6-1-3-9(16)7-11-8-10-12-4-2-5-13-10/h2,4-5,9,11H,1,3,6-8H2. The molecule has 1 N–H and O–H groups in total. The zero-order valence-corrected chi connectivity index (χ0v) is 9.78. The highest BCUT2D eigenvalue weighted by atomic mass is 32.2. The lowest BCUT2D eigenvalue weighted by atomic mass is 10.2. The first-order chi connectivity index (χ1) is 7.68. The Morgan fingerprint density at radius 2 is 2.12 bits per heavy atom. The first-order valence-electron chi connectivity index (χ1n) is 5.37. The number of sulfone groups is 1. The maximum absolute atomic E-state index is 11.5. The normalized spacial score (nSPS) is 23.4. The summed E-state index contributed by atoms with van der Waals surface area (Å²) in [7, 11) is -2.84. The number of hydrogen-bond donors (Lipinski definition) is 1. The third-order valence-corrected chi connectivity index (χ3v) is 5.01. The van der Waals surface area contributed by atoms with Crippen molar-refractivity contribution < 1.29 is 8.42 Å². The fourth-order valence-electron chi connectivity index (χ4n) is 1.85. The van der Waals surface area contributed by atoms with Gasteiger partial charge in [-0.2, -0.15) is 0 Å². The van der Waals surface area contributed by atoms with Crippen LogP contribution in [0.25, 0.3) is 0 Å². The van der Waals surface area contributed by atoms with Crippen molar-refractivity contribution in [3.63, 3.8) is 0 Å². The van der Waals surface area contributed by atoms with Gasteiger partial charge in [-0.1, -0.05) is 0 Å². The summed E-state index contributed by atoms with van der Waals surface area (Å²) in [4.78, 5) is 8.11. The van der Waals surface area contributed by atoms with E-state index in [4.69, 9.17) is 0 Å². The predicted molar refractivity (Wildman–Crippen MR) is 60.5 cm³/mol. The van der Waals surface area contributed by atoms with Gasteiger partial charge < -0.3 is 5.32 Å². The van der Waals surface area contributed by atoms with Gasteiger partial charge in [-0.15, -0.1) is 0 Å². The van der Waals surface area contributed by atoms with Crippen molar-refractivity contribution in [2.24, 2.45) is 0 Å². The van der Waals surface area contributed by atoms with Gasteiger partial charge in [0.05, 0.1) is 17.5 Å². The quantitative estimate of drug-likeness (QED) is 0.812. The minimum Gasteiger partial charge on any atom is -0.309 e. The summed E-state index contributed by atoms with van der Waals surface area (Å²) in [6.07, 6.45) is 4.91. The molecular weight excluding hydrogens is 226 g/mol. The molecule has 1 atom stereocenters. The molecule has 1 fully saturated rings. The number of rotatable bonds is 4. The van der Waals surface area contributed by atoms with E-state index < -0.39 is 9.84 Å². The average Bonchev–Trinajstić information content (AvgIpc) is 2.60. The van der Waals surface area contributed by atoms with Gasteiger partial charge in [-0.25, -0.2) is 18.4 Å². The maximum atomic E-state index is 11.5. The molecule has 0 radical (unpaired) electrons. The third-order valence-electron chi connectivity index (χ3n) is 2.74. The Kier molecular flexibility index (Phi) is 3.50. The Balaban J connectivity index is 1.81. The van der Waals surface area contributed by atoms with Crippen molar-refractivity contribution in [3.05, 3.63) is 24.3 Å². The van der Waals surface area contributed by atoms with Crippen molar-refractivity contribution in [1.29, 1.82) is 0 Å². The second-order valence-electron chi connectivity index (χ2n) is 3.93. The van der Waals surface area contributed by atoms with E-state index in [1.165, 1.54) is 0 Å². The summed E-state index contributed by atoms with van der Waals surface area (Å²) >= 11 is 0. The third kappa shape index (κ3) is 2.76. The highest BCUT2D eigenvalue weighted by Gasteiger charge is 2.30. The van der Waals surface area contributed by atoms with Gasteiger partial charge >= 0.3 is 0 Å². The van der Waals surface area contributed by atoms with E-state index >= 15 is 0 Å². The molecule has 1 aromatic rings. The van der Waals surface area contributed by atoms with Crippen LogP contribution in [-0.4, -0.2) is 35.9 Å². The van der Waals surface area contributed by atoms with E-state index in [0.29, 0.717) is 24.7 Å². The zero-order valence-electron chi connectivity index (χ0n) is 8.96. The van der Waals surface area contributed by atoms with Crippen LogP contribution >= 0.6 is 0 Å². The smallest absolute Gasteiger partial charge is 0.154 e. The molecule has 0 aliphatic carbocycles. The molecule has 1 unspecified atom stereocenters. The topological polar surface area (TPSA) is 72.0 Å². The Bertz CT molecular complexity index is 433. The van der Waals surface area contributed by atoms with Crippen LogP contribution < -0.4 is 5.32 Å². The van der Waals surface area contributed by atoms with Crippen molar-refractivity contribution in [2.45, 2.75) is 24.6 Å². The molecule has 88 valence electrons. The van der Waals surface area contributed by atoms with Crippen LogP contribution in [0.5, 0.6) is 0 Å². The molecule has 0 amide bonds. The van der Waals surface area contributed by atoms with Gasteiger partial charge in [0.1, 0.15) is 5.82 Å². The van der Waals surface area contributed by atoms with Gasteiger partial charge in [0, 0.05) is 18.9 Å². The molecule has 1 aliphatic heterocycles. The number of nitrogens with zero attached hydrogens (tertiary/aromatic N) is 2. The molecule has 16 heavy (non-hydrogen) atoms. The molecule has 0 bridgehead atoms. The van der Waals surface area contributed by atoms with E-state index in [0.717, 1.165) is 12.8 Å². The molecular formula is C10H15N3O2S. The Morgan fingerprint density at radius 1 is 1.38 bits per heavy atom. The van der Waals surface area contributed by atoms with Gasteiger partial charge in [0.15, 0.2) is 9.84 Å². The number of nitrogens with one attached hydrogen (secondary N) is 1. The van der Waals surface area contributed by atoms with E-state index in [1.54, 1.807) is 18.5 Å². The fourth-order valence-corrected chi connectivity index (χ4v) is 3.65. The summed E-state index contributed by atoms with van der Waals surface area (Å²) < 4.78 is 23.1. The molecule has 1 saturated heterocycles. The zero-order chi connectivity index (χ0) is 11.4. The Morgan fingerprint density at radius 3 is 2.75 bits per heavy atom. The molecule has 1 aliphatic rings. The second-order valence-corrected chi connectivity index (χ2v) is 6.33. The van der Waals surface area contributed by atoms with Crippen molar-refractivity contribution >= 4 is 9.84 Å². The lowest BCUT2D eigenvalue weighted by Crippen LogP contribution is -2.30. The molecule has 2 heterocycles. The van der Waals surface area contributed by atoms with Gasteiger partial charge in [0.2, 0.25) is 0 Å². The van der Waals surface area contributed by atoms with E-state index in [-0.39, 0.29) is 5.25 Å². The van der Waals surface area contributed by atoms with Crippen LogP contribution in [0.3, 0.4) is 0 Å². The second kappa shape index (κ2) is 4.88. The summed E-state index contributed by atoms with van der Waals surface area (Å²) in [5.74, 6) is 1.03. The minimum atomic E-state index is -2.84. The Hall–Kier alpha value is -1.01. The highest BCUT2D eigenvalue weighted by molar-refractivity contribution is 7.92. The van der Waals surface area contributed by atoms with Crippen LogP contribution in [0.2, 0.25) is 0 Å². The highest BCUT2D eigenvalue weighted by Crippen LogP contribution is 2.18. The maximum Gasteiger partial charge on any atom is 0.154 e. The van der Waals surface area contributed by atoms with Gasteiger partial charge in [-0.05, 0) is 18.9 Å². The molecule has 6 heteroatoms. The Labute approximate surface area is 95.2 Å². The SMILES string of the molecule is O=S1(=O)CCCC1CNCc1ncccn1. The largest absolute Gasteiger partial charge is 0.309 e. The van der Waals surface area contributed by atoms with Crippen LogP contribution in [0.15, 0.2) is 18.5 Å². The van der Waals surface area contributed by atoms with E-state index in [1.807, 2.05) is 0 Å². The van der Waals surface area contributed by atoms with Crippen molar-refractivity contribution in [2.75, 3.05) is 12.3 Å². The van der Waals surface area contributed by atoms with Crippen LogP contribution in [0.4, 0.5) is 0 Å². The lowest BCUT2D eigenvalue weighted by Gasteiger charge is -2.09. The summed E-state index contributed by atoms with van der Waals surface area (Å²) in [6.45, 7) is 1.02. The molecule has 1 aromatic heterocycles. The lowest BCUT2D eigenvalue weighted by molar-refractivity contribution is 0.570. The molecule has 2 rings (SSSR count). The van der Waals surface area contributed by atoms with Crippen LogP contribution in [-0.2, 0) is 16.4 Å². The molecule has 0 spiro atoms. The average molecular weight is 241 g/mol. The summed E-state index contributed by atoms with van der Waals surface area (Å²) in [5, 5.41) is 2.87. The van der Waals surface area contributed by atoms with Crippen molar-refractivity contribution in [1.82, 2.24) is 15.3 Å². The first kappa shape index (κ1) is 11.5. The van der Waals surface area contributed by atoms with E-state index in [2.05, 4.69) is 15.3 Å². The monoisotopic (exact) mass is 241 g/mol. The van der Waals surface area contributed by atoms with E-state index in [9.17, 15) is 8.42 Å². The minimum absolute atomic E-state index is 0.226. The van der Waals surface area contributed by atoms with Crippen LogP contribution in [0.1, 0.15) is 18.7 Å². The first-order valence-corrected chi connectivity index (χ1v) is 7.08. The van der Waals surface area contributed by atoms with Gasteiger partial charge in [-0.3, -0.25) is 0 Å². The van der Waals surface area contributed by atoms with Gasteiger partial charge in [0.25, 0.3) is 0 Å². The van der Waals surface area contributed by atoms with Crippen LogP contribution in [0, 0.1) is 0 Å². The molecule has 5 nitrogen and oxygen atoms in total. The fraction of sp³-hybridized carbons (Fsp3) is 0.600. The van der Waals surface area contributed by atoms with Crippen molar-refractivity contribution in [3.8, 4) is 0 Å². The number of hydrogen-bond acceptors (Lipinski definition) is 5. The summed E-state index contributed by atoms with van der Waals surface area (Å²) in [6, 6.07) is 1.75.